The van der Waals surface area contributed by atoms with Crippen LogP contribution in [0.2, 0.25) is 0 Å². The third-order valence-electron chi connectivity index (χ3n) is 3.50. The highest BCUT2D eigenvalue weighted by atomic mass is 16.5. The van der Waals surface area contributed by atoms with Gasteiger partial charge in [-0.3, -0.25) is 4.99 Å². The highest BCUT2D eigenvalue weighted by Gasteiger charge is 2.02. The Morgan fingerprint density at radius 2 is 1.92 bits per heavy atom. The van der Waals surface area contributed by atoms with Gasteiger partial charge >= 0.3 is 0 Å². The van der Waals surface area contributed by atoms with Gasteiger partial charge in [-0.15, -0.1) is 0 Å². The zero-order chi connectivity index (χ0) is 19.0. The van der Waals surface area contributed by atoms with Crippen LogP contribution in [0.1, 0.15) is 32.8 Å². The summed E-state index contributed by atoms with van der Waals surface area (Å²) in [5.41, 5.74) is 1.05. The van der Waals surface area contributed by atoms with Crippen molar-refractivity contribution in [2.75, 3.05) is 46.6 Å². The maximum atomic E-state index is 5.73. The van der Waals surface area contributed by atoms with Crippen molar-refractivity contribution in [3.05, 3.63) is 29.8 Å². The van der Waals surface area contributed by atoms with Gasteiger partial charge in [-0.2, -0.15) is 0 Å². The Bertz CT molecular complexity index is 507. The molecule has 0 bridgehead atoms. The molecule has 0 fully saturated rings. The molecule has 26 heavy (non-hydrogen) atoms. The Balaban J connectivity index is 2.21. The van der Waals surface area contributed by atoms with Gasteiger partial charge in [-0.1, -0.05) is 32.0 Å². The highest BCUT2D eigenvalue weighted by Crippen LogP contribution is 2.17. The number of para-hydroxylation sites is 1. The molecule has 0 spiro atoms. The van der Waals surface area contributed by atoms with Crippen LogP contribution in [-0.2, 0) is 16.1 Å². The van der Waals surface area contributed by atoms with E-state index in [1.165, 1.54) is 0 Å². The SMILES string of the molecule is CCNC(=NCCCOCC(C)C)NCCOCc1ccccc1OC. The molecule has 0 amide bonds. The Morgan fingerprint density at radius 1 is 1.12 bits per heavy atom. The Kier molecular flexibility index (Phi) is 12.3. The molecule has 0 saturated carbocycles. The summed E-state index contributed by atoms with van der Waals surface area (Å²) >= 11 is 0. The largest absolute Gasteiger partial charge is 0.496 e. The van der Waals surface area contributed by atoms with E-state index in [0.717, 1.165) is 50.0 Å². The van der Waals surface area contributed by atoms with Crippen molar-refractivity contribution in [3.8, 4) is 5.75 Å². The van der Waals surface area contributed by atoms with Gasteiger partial charge in [-0.25, -0.2) is 0 Å². The second-order valence-corrected chi connectivity index (χ2v) is 6.37. The van der Waals surface area contributed by atoms with Gasteiger partial charge in [0.25, 0.3) is 0 Å². The lowest BCUT2D eigenvalue weighted by molar-refractivity contribution is 0.109. The van der Waals surface area contributed by atoms with Gasteiger partial charge in [0.15, 0.2) is 5.96 Å². The first-order valence-corrected chi connectivity index (χ1v) is 9.46. The first kappa shape index (κ1) is 22.3. The zero-order valence-electron chi connectivity index (χ0n) is 16.7. The van der Waals surface area contributed by atoms with E-state index in [0.29, 0.717) is 25.7 Å². The number of hydrogen-bond donors (Lipinski definition) is 2. The molecule has 2 N–H and O–H groups in total. The zero-order valence-corrected chi connectivity index (χ0v) is 16.7. The Hall–Kier alpha value is -1.79. The number of hydrogen-bond acceptors (Lipinski definition) is 4. The molecule has 0 aliphatic heterocycles. The molecule has 0 unspecified atom stereocenters. The number of benzene rings is 1. The van der Waals surface area contributed by atoms with E-state index < -0.39 is 0 Å². The third kappa shape index (κ3) is 10.3. The summed E-state index contributed by atoms with van der Waals surface area (Å²) in [6.45, 7) is 11.3. The van der Waals surface area contributed by atoms with Gasteiger partial charge in [0.2, 0.25) is 0 Å². The fourth-order valence-corrected chi connectivity index (χ4v) is 2.26. The number of ether oxygens (including phenoxy) is 3. The lowest BCUT2D eigenvalue weighted by Gasteiger charge is -2.12. The van der Waals surface area contributed by atoms with E-state index in [4.69, 9.17) is 14.2 Å². The van der Waals surface area contributed by atoms with Crippen LogP contribution in [0.5, 0.6) is 5.75 Å². The molecule has 6 heteroatoms. The molecule has 0 radical (unpaired) electrons. The van der Waals surface area contributed by atoms with Gasteiger partial charge < -0.3 is 24.8 Å². The fourth-order valence-electron chi connectivity index (χ4n) is 2.26. The molecular formula is C20H35N3O3. The molecule has 148 valence electrons. The summed E-state index contributed by atoms with van der Waals surface area (Å²) in [6.07, 6.45) is 0.924. The number of nitrogens with zero attached hydrogens (tertiary/aromatic N) is 1. The lowest BCUT2D eigenvalue weighted by Crippen LogP contribution is -2.39. The van der Waals surface area contributed by atoms with Crippen LogP contribution in [0, 0.1) is 5.92 Å². The molecule has 0 heterocycles. The second kappa shape index (κ2) is 14.4. The van der Waals surface area contributed by atoms with E-state index in [1.807, 2.05) is 24.3 Å². The standard InChI is InChI=1S/C20H35N3O3/c1-5-21-20(22-11-8-13-25-15-17(2)3)23-12-14-26-16-18-9-6-7-10-19(18)24-4/h6-7,9-10,17H,5,8,11-16H2,1-4H3,(H2,21,22,23). The maximum absolute atomic E-state index is 5.73. The van der Waals surface area contributed by atoms with Crippen LogP contribution in [0.15, 0.2) is 29.3 Å². The molecule has 0 atom stereocenters. The van der Waals surface area contributed by atoms with Crippen molar-refractivity contribution in [1.82, 2.24) is 10.6 Å². The minimum absolute atomic E-state index is 0.534. The van der Waals surface area contributed by atoms with Crippen LogP contribution in [-0.4, -0.2) is 52.5 Å². The molecule has 1 aromatic rings. The van der Waals surface area contributed by atoms with Crippen molar-refractivity contribution in [3.63, 3.8) is 0 Å². The number of aliphatic imine (C=N–C) groups is 1. The predicted octanol–water partition coefficient (Wildman–Crippen LogP) is 2.83. The number of guanidine groups is 1. The molecule has 0 aliphatic carbocycles. The molecule has 0 aliphatic rings. The Morgan fingerprint density at radius 3 is 2.65 bits per heavy atom. The highest BCUT2D eigenvalue weighted by molar-refractivity contribution is 5.79. The van der Waals surface area contributed by atoms with E-state index in [2.05, 4.69) is 36.4 Å². The van der Waals surface area contributed by atoms with Crippen molar-refractivity contribution in [1.29, 1.82) is 0 Å². The molecule has 6 nitrogen and oxygen atoms in total. The molecule has 1 rings (SSSR count). The van der Waals surface area contributed by atoms with Crippen LogP contribution >= 0.6 is 0 Å². The second-order valence-electron chi connectivity index (χ2n) is 6.37. The quantitative estimate of drug-likeness (QED) is 0.320. The molecule has 1 aromatic carbocycles. The first-order valence-electron chi connectivity index (χ1n) is 9.46. The topological polar surface area (TPSA) is 64.1 Å². The van der Waals surface area contributed by atoms with E-state index in [-0.39, 0.29) is 0 Å². The van der Waals surface area contributed by atoms with Gasteiger partial charge in [0, 0.05) is 38.4 Å². The van der Waals surface area contributed by atoms with Crippen LogP contribution < -0.4 is 15.4 Å². The minimum Gasteiger partial charge on any atom is -0.496 e. The van der Waals surface area contributed by atoms with E-state index >= 15 is 0 Å². The predicted molar refractivity (Wildman–Crippen MR) is 107 cm³/mol. The van der Waals surface area contributed by atoms with Gasteiger partial charge in [-0.05, 0) is 25.3 Å². The summed E-state index contributed by atoms with van der Waals surface area (Å²) in [5, 5.41) is 6.53. The Labute approximate surface area is 158 Å². The monoisotopic (exact) mass is 365 g/mol. The summed E-state index contributed by atoms with van der Waals surface area (Å²) in [6, 6.07) is 7.90. The average molecular weight is 366 g/mol. The molecular weight excluding hydrogens is 330 g/mol. The van der Waals surface area contributed by atoms with Crippen LogP contribution in [0.4, 0.5) is 0 Å². The van der Waals surface area contributed by atoms with Crippen molar-refractivity contribution >= 4 is 5.96 Å². The smallest absolute Gasteiger partial charge is 0.191 e. The van der Waals surface area contributed by atoms with E-state index in [1.54, 1.807) is 7.11 Å². The number of methoxy groups -OCH3 is 1. The fraction of sp³-hybridized carbons (Fsp3) is 0.650. The van der Waals surface area contributed by atoms with Gasteiger partial charge in [0.1, 0.15) is 5.75 Å². The van der Waals surface area contributed by atoms with E-state index in [9.17, 15) is 0 Å². The van der Waals surface area contributed by atoms with Crippen LogP contribution in [0.25, 0.3) is 0 Å². The maximum Gasteiger partial charge on any atom is 0.191 e. The van der Waals surface area contributed by atoms with Crippen LogP contribution in [0.3, 0.4) is 0 Å². The van der Waals surface area contributed by atoms with Crippen molar-refractivity contribution in [2.24, 2.45) is 10.9 Å². The minimum atomic E-state index is 0.534. The molecule has 0 aromatic heterocycles. The summed E-state index contributed by atoms with van der Waals surface area (Å²) in [4.78, 5) is 4.55. The number of rotatable bonds is 13. The van der Waals surface area contributed by atoms with Crippen molar-refractivity contribution < 1.29 is 14.2 Å². The third-order valence-corrected chi connectivity index (χ3v) is 3.50. The van der Waals surface area contributed by atoms with Crippen molar-refractivity contribution in [2.45, 2.75) is 33.8 Å². The lowest BCUT2D eigenvalue weighted by atomic mass is 10.2. The van der Waals surface area contributed by atoms with Gasteiger partial charge in [0.05, 0.1) is 20.3 Å². The first-order chi connectivity index (χ1) is 12.7. The summed E-state index contributed by atoms with van der Waals surface area (Å²) in [5.74, 6) is 2.25. The summed E-state index contributed by atoms with van der Waals surface area (Å²) < 4.78 is 16.6. The number of nitrogens with one attached hydrogen (secondary N) is 2. The normalized spacial score (nSPS) is 11.7. The average Bonchev–Trinajstić information content (AvgIpc) is 2.64. The summed E-state index contributed by atoms with van der Waals surface area (Å²) in [7, 11) is 1.67. The molecule has 0 saturated heterocycles.